The van der Waals surface area contributed by atoms with Gasteiger partial charge in [-0.3, -0.25) is 9.78 Å². The molecule has 1 N–H and O–H groups in total. The molecule has 0 radical (unpaired) electrons. The van der Waals surface area contributed by atoms with Crippen molar-refractivity contribution in [3.05, 3.63) is 83.5 Å². The van der Waals surface area contributed by atoms with Crippen LogP contribution in [0.15, 0.2) is 57.8 Å². The molecule has 6 heterocycles. The fourth-order valence-electron chi connectivity index (χ4n) is 4.72. The van der Waals surface area contributed by atoms with Crippen LogP contribution >= 0.6 is 0 Å². The zero-order valence-electron chi connectivity index (χ0n) is 17.3. The van der Waals surface area contributed by atoms with Crippen molar-refractivity contribution in [2.45, 2.75) is 24.7 Å². The van der Waals surface area contributed by atoms with Gasteiger partial charge in [-0.2, -0.15) is 0 Å². The summed E-state index contributed by atoms with van der Waals surface area (Å²) in [6.07, 6.45) is 1.60. The number of amides is 1. The highest BCUT2D eigenvalue weighted by atomic mass is 19.1. The molecule has 3 atom stereocenters. The van der Waals surface area contributed by atoms with Crippen LogP contribution in [-0.4, -0.2) is 41.8 Å². The summed E-state index contributed by atoms with van der Waals surface area (Å²) in [4.78, 5) is 35.2. The number of carbonyl (C=O) groups excluding carboxylic acids is 1. The Hall–Kier alpha value is -4.41. The molecule has 2 unspecified atom stereocenters. The Morgan fingerprint density at radius 3 is 2.85 bits per heavy atom. The van der Waals surface area contributed by atoms with E-state index in [0.717, 1.165) is 0 Å². The third-order valence-electron chi connectivity index (χ3n) is 6.22. The molecule has 9 nitrogen and oxygen atoms in total. The van der Waals surface area contributed by atoms with Crippen LogP contribution < -0.4 is 0 Å². The fraction of sp³-hybridized carbons (Fsp3) is 0.174. The number of hydrogen-bond donors (Lipinski definition) is 1. The Morgan fingerprint density at radius 1 is 1.09 bits per heavy atom. The Labute approximate surface area is 189 Å². The van der Waals surface area contributed by atoms with Gasteiger partial charge < -0.3 is 18.7 Å². The minimum atomic E-state index is -1.63. The largest absolute Gasteiger partial charge is 0.438 e. The molecule has 1 amide bonds. The molecule has 0 fully saturated rings. The van der Waals surface area contributed by atoms with Gasteiger partial charge in [-0.1, -0.05) is 6.07 Å². The average molecular weight is 460 g/mol. The maximum absolute atomic E-state index is 15.9. The highest BCUT2D eigenvalue weighted by Gasteiger charge is 2.52. The molecule has 0 bridgehead atoms. The first-order valence-corrected chi connectivity index (χ1v) is 10.6. The number of hydrogen-bond acceptors (Lipinski definition) is 7. The zero-order valence-corrected chi connectivity index (χ0v) is 17.3. The van der Waals surface area contributed by atoms with Gasteiger partial charge in [0.15, 0.2) is 17.8 Å². The molecular formula is C23H14F2N6O3. The number of rotatable bonds is 2. The molecule has 0 spiro atoms. The molecule has 2 aliphatic heterocycles. The van der Waals surface area contributed by atoms with E-state index in [2.05, 4.69) is 24.9 Å². The highest BCUT2D eigenvalue weighted by Crippen LogP contribution is 2.46. The minimum Gasteiger partial charge on any atom is -0.438 e. The number of nitrogens with zero attached hydrogens (tertiary/aromatic N) is 5. The van der Waals surface area contributed by atoms with Gasteiger partial charge in [0.05, 0.1) is 18.1 Å². The summed E-state index contributed by atoms with van der Waals surface area (Å²) in [6.45, 7) is 0. The normalized spacial score (nSPS) is 21.4. The molecule has 7 rings (SSSR count). The molecule has 5 aromatic rings. The third kappa shape index (κ3) is 2.60. The van der Waals surface area contributed by atoms with E-state index in [4.69, 9.17) is 8.83 Å². The first-order valence-electron chi connectivity index (χ1n) is 10.6. The quantitative estimate of drug-likeness (QED) is 0.425. The number of imidazole rings is 1. The number of fused-ring (bicyclic) bond motifs is 4. The molecule has 0 aliphatic carbocycles. The van der Waals surface area contributed by atoms with Crippen molar-refractivity contribution in [1.82, 2.24) is 29.8 Å². The van der Waals surface area contributed by atoms with Crippen LogP contribution in [0.3, 0.4) is 0 Å². The molecule has 0 saturated heterocycles. The van der Waals surface area contributed by atoms with Gasteiger partial charge >= 0.3 is 0 Å². The maximum atomic E-state index is 15.9. The second-order valence-electron chi connectivity index (χ2n) is 8.17. The smallest absolute Gasteiger partial charge is 0.293 e. The van der Waals surface area contributed by atoms with Crippen molar-refractivity contribution >= 4 is 17.0 Å². The van der Waals surface area contributed by atoms with Crippen molar-refractivity contribution in [1.29, 1.82) is 0 Å². The third-order valence-corrected chi connectivity index (χ3v) is 6.22. The summed E-state index contributed by atoms with van der Waals surface area (Å²) in [5.41, 5.74) is 2.10. The van der Waals surface area contributed by atoms with Crippen LogP contribution in [0.5, 0.6) is 0 Å². The molecule has 2 aliphatic rings. The van der Waals surface area contributed by atoms with E-state index in [-0.39, 0.29) is 35.2 Å². The summed E-state index contributed by atoms with van der Waals surface area (Å²) in [6, 6.07) is 7.25. The van der Waals surface area contributed by atoms with E-state index in [1.807, 2.05) is 0 Å². The van der Waals surface area contributed by atoms with Crippen molar-refractivity contribution in [3.8, 4) is 11.6 Å². The summed E-state index contributed by atoms with van der Waals surface area (Å²) >= 11 is 0. The molecule has 1 aromatic carbocycles. The lowest BCUT2D eigenvalue weighted by molar-refractivity contribution is 0.0257. The minimum absolute atomic E-state index is 0.0618. The summed E-state index contributed by atoms with van der Waals surface area (Å²) in [7, 11) is 0. The first kappa shape index (κ1) is 19.1. The van der Waals surface area contributed by atoms with E-state index in [9.17, 15) is 9.18 Å². The number of pyridine rings is 1. The van der Waals surface area contributed by atoms with Gasteiger partial charge in [0.2, 0.25) is 17.5 Å². The van der Waals surface area contributed by atoms with Crippen LogP contribution in [0.2, 0.25) is 0 Å². The zero-order chi connectivity index (χ0) is 23.0. The molecular weight excluding hydrogens is 446 g/mol. The summed E-state index contributed by atoms with van der Waals surface area (Å²) in [5.74, 6) is -1.06. The Morgan fingerprint density at radius 2 is 2.00 bits per heavy atom. The predicted octanol–water partition coefficient (Wildman–Crippen LogP) is 3.92. The molecule has 168 valence electrons. The standard InChI is InChI=1S/C23H14F2N6O3/c24-10-4-5-15-12(7-10)29-22(33-15)19-17-13(27-9-28-17)8-14-16(25)18-20(23(32)31(14)19)34-21(30-18)11-3-1-2-6-26-11/h1-7,9,14,16,19H,8H2,(H,27,28)/t14?,16?,19-/m0/s1. The van der Waals surface area contributed by atoms with Gasteiger partial charge in [-0.25, -0.2) is 23.7 Å². The van der Waals surface area contributed by atoms with Gasteiger partial charge in [0, 0.05) is 24.4 Å². The lowest BCUT2D eigenvalue weighted by atomic mass is 9.88. The van der Waals surface area contributed by atoms with E-state index in [1.54, 1.807) is 24.4 Å². The first-order chi connectivity index (χ1) is 16.6. The monoisotopic (exact) mass is 460 g/mol. The number of aromatic nitrogens is 5. The highest BCUT2D eigenvalue weighted by molar-refractivity contribution is 5.95. The van der Waals surface area contributed by atoms with Gasteiger partial charge in [0.1, 0.15) is 22.7 Å². The number of aromatic amines is 1. The number of halogens is 2. The molecule has 0 saturated carbocycles. The molecule has 11 heteroatoms. The molecule has 34 heavy (non-hydrogen) atoms. The number of nitrogens with one attached hydrogen (secondary N) is 1. The van der Waals surface area contributed by atoms with Gasteiger partial charge in [0.25, 0.3) is 5.91 Å². The summed E-state index contributed by atoms with van der Waals surface area (Å²) in [5, 5.41) is 0. The Bertz CT molecular complexity index is 1580. The van der Waals surface area contributed by atoms with Crippen LogP contribution in [0.4, 0.5) is 8.78 Å². The number of alkyl halides is 1. The lowest BCUT2D eigenvalue weighted by Gasteiger charge is -2.42. The van der Waals surface area contributed by atoms with Crippen molar-refractivity contribution in [2.75, 3.05) is 0 Å². The topological polar surface area (TPSA) is 114 Å². The SMILES string of the molecule is O=C1c2oc(-c3ccccn3)nc2C(F)C2Cc3[nH]cnc3[C@@H](c3nc4cc(F)ccc4o3)N12. The van der Waals surface area contributed by atoms with Crippen molar-refractivity contribution < 1.29 is 22.4 Å². The lowest BCUT2D eigenvalue weighted by Crippen LogP contribution is -2.52. The molecule has 4 aromatic heterocycles. The predicted molar refractivity (Wildman–Crippen MR) is 112 cm³/mol. The van der Waals surface area contributed by atoms with Crippen LogP contribution in [0.25, 0.3) is 22.7 Å². The second kappa shape index (κ2) is 6.80. The van der Waals surface area contributed by atoms with Gasteiger partial charge in [-0.15, -0.1) is 0 Å². The fourth-order valence-corrected chi connectivity index (χ4v) is 4.72. The van der Waals surface area contributed by atoms with Crippen molar-refractivity contribution in [2.24, 2.45) is 0 Å². The van der Waals surface area contributed by atoms with E-state index < -0.39 is 30.0 Å². The Kier molecular flexibility index (Phi) is 3.82. The van der Waals surface area contributed by atoms with E-state index >= 15 is 4.39 Å². The maximum Gasteiger partial charge on any atom is 0.293 e. The summed E-state index contributed by atoms with van der Waals surface area (Å²) < 4.78 is 41.2. The Balaban J connectivity index is 1.39. The van der Waals surface area contributed by atoms with Gasteiger partial charge in [-0.05, 0) is 24.3 Å². The van der Waals surface area contributed by atoms with E-state index in [1.165, 1.54) is 29.4 Å². The van der Waals surface area contributed by atoms with Crippen molar-refractivity contribution in [3.63, 3.8) is 0 Å². The van der Waals surface area contributed by atoms with Crippen LogP contribution in [0, 0.1) is 5.82 Å². The second-order valence-corrected chi connectivity index (χ2v) is 8.17. The number of carbonyl (C=O) groups is 1. The average Bonchev–Trinajstić information content (AvgIpc) is 3.59. The number of oxazole rings is 2. The number of benzene rings is 1. The number of H-pyrrole nitrogens is 1. The van der Waals surface area contributed by atoms with E-state index in [0.29, 0.717) is 22.7 Å². The van der Waals surface area contributed by atoms with Crippen LogP contribution in [-0.2, 0) is 6.42 Å². The van der Waals surface area contributed by atoms with Crippen LogP contribution in [0.1, 0.15) is 45.7 Å².